The topological polar surface area (TPSA) is 75.8 Å². The van der Waals surface area contributed by atoms with E-state index in [1.807, 2.05) is 6.07 Å². The first kappa shape index (κ1) is 15.2. The summed E-state index contributed by atoms with van der Waals surface area (Å²) in [6.45, 7) is 3.13. The lowest BCUT2D eigenvalue weighted by molar-refractivity contribution is 0.571. The van der Waals surface area contributed by atoms with Crippen LogP contribution in [-0.2, 0) is 16.4 Å². The molecule has 2 rings (SSSR count). The first-order chi connectivity index (χ1) is 9.86. The van der Waals surface area contributed by atoms with E-state index in [9.17, 15) is 12.8 Å². The van der Waals surface area contributed by atoms with E-state index < -0.39 is 21.1 Å². The van der Waals surface area contributed by atoms with Crippen molar-refractivity contribution < 1.29 is 12.8 Å². The molecule has 21 heavy (non-hydrogen) atoms. The van der Waals surface area contributed by atoms with Crippen LogP contribution in [0.2, 0.25) is 0 Å². The number of hydrogen-bond acceptors (Lipinski definition) is 4. The molecule has 5 nitrogen and oxygen atoms in total. The van der Waals surface area contributed by atoms with Gasteiger partial charge in [-0.3, -0.25) is 0 Å². The summed E-state index contributed by atoms with van der Waals surface area (Å²) in [6.07, 6.45) is 2.72. The molecule has 0 fully saturated rings. The largest absolute Gasteiger partial charge is 0.256 e. The molecule has 0 radical (unpaired) electrons. The van der Waals surface area contributed by atoms with Crippen LogP contribution in [0.15, 0.2) is 30.6 Å². The summed E-state index contributed by atoms with van der Waals surface area (Å²) in [5.74, 6) is -0.492. The molecule has 0 saturated heterocycles. The number of nitriles is 1. The zero-order valence-corrected chi connectivity index (χ0v) is 12.4. The van der Waals surface area contributed by atoms with E-state index in [2.05, 4.69) is 5.10 Å². The van der Waals surface area contributed by atoms with Gasteiger partial charge in [0.25, 0.3) is 10.0 Å². The summed E-state index contributed by atoms with van der Waals surface area (Å²) in [7, 11) is -3.52. The smallest absolute Gasteiger partial charge is 0.207 e. The third-order valence-electron chi connectivity index (χ3n) is 3.07. The number of nitrogens with zero attached hydrogens (tertiary/aromatic N) is 3. The first-order valence-electron chi connectivity index (χ1n) is 6.31. The van der Waals surface area contributed by atoms with Gasteiger partial charge in [-0.05, 0) is 25.5 Å². The summed E-state index contributed by atoms with van der Waals surface area (Å²) in [4.78, 5) is 0. The predicted octanol–water partition coefficient (Wildman–Crippen LogP) is 2.34. The summed E-state index contributed by atoms with van der Waals surface area (Å²) in [5.41, 5.74) is 1.32. The Morgan fingerprint density at radius 3 is 2.67 bits per heavy atom. The highest BCUT2D eigenvalue weighted by molar-refractivity contribution is 7.90. The minimum atomic E-state index is -3.52. The predicted molar refractivity (Wildman–Crippen MR) is 76.4 cm³/mol. The molecule has 0 aliphatic carbocycles. The van der Waals surface area contributed by atoms with E-state index in [1.165, 1.54) is 24.5 Å². The molecular weight excluding hydrogens is 293 g/mol. The van der Waals surface area contributed by atoms with Gasteiger partial charge in [0.2, 0.25) is 0 Å². The highest BCUT2D eigenvalue weighted by Gasteiger charge is 2.20. The number of halogens is 1. The van der Waals surface area contributed by atoms with Crippen molar-refractivity contribution in [1.29, 1.82) is 5.26 Å². The minimum absolute atomic E-state index is 0.00684. The average molecular weight is 307 g/mol. The van der Waals surface area contributed by atoms with E-state index in [1.54, 1.807) is 19.9 Å². The molecule has 0 N–H and O–H groups in total. The van der Waals surface area contributed by atoms with Crippen molar-refractivity contribution in [3.63, 3.8) is 0 Å². The van der Waals surface area contributed by atoms with Crippen LogP contribution in [0.1, 0.15) is 19.4 Å². The van der Waals surface area contributed by atoms with Crippen molar-refractivity contribution in [3.8, 4) is 17.2 Å². The van der Waals surface area contributed by atoms with E-state index in [0.717, 1.165) is 4.09 Å². The maximum absolute atomic E-state index is 13.8. The average Bonchev–Trinajstić information content (AvgIpc) is 2.91. The summed E-state index contributed by atoms with van der Waals surface area (Å²) < 4.78 is 38.6. The van der Waals surface area contributed by atoms with Crippen molar-refractivity contribution in [2.24, 2.45) is 0 Å². The van der Waals surface area contributed by atoms with E-state index >= 15 is 0 Å². The molecule has 0 saturated carbocycles. The summed E-state index contributed by atoms with van der Waals surface area (Å²) >= 11 is 0. The van der Waals surface area contributed by atoms with Gasteiger partial charge in [-0.2, -0.15) is 14.4 Å². The molecule has 110 valence electrons. The maximum Gasteiger partial charge on any atom is 0.256 e. The van der Waals surface area contributed by atoms with Crippen LogP contribution in [-0.4, -0.2) is 22.9 Å². The van der Waals surface area contributed by atoms with Gasteiger partial charge in [-0.15, -0.1) is 0 Å². The van der Waals surface area contributed by atoms with Gasteiger partial charge in [0.05, 0.1) is 30.1 Å². The molecule has 1 aromatic heterocycles. The van der Waals surface area contributed by atoms with Gasteiger partial charge in [-0.25, -0.2) is 12.8 Å². The molecule has 0 unspecified atom stereocenters. The molecule has 0 aliphatic heterocycles. The Morgan fingerprint density at radius 2 is 2.10 bits per heavy atom. The van der Waals surface area contributed by atoms with Gasteiger partial charge in [0.15, 0.2) is 0 Å². The van der Waals surface area contributed by atoms with Crippen molar-refractivity contribution in [3.05, 3.63) is 42.0 Å². The SMILES string of the molecule is CC(C)S(=O)(=O)n1cc(-c2ccc(CC#N)c(F)c2)cn1. The third kappa shape index (κ3) is 2.95. The van der Waals surface area contributed by atoms with Gasteiger partial charge >= 0.3 is 0 Å². The van der Waals surface area contributed by atoms with Crippen LogP contribution in [0.4, 0.5) is 4.39 Å². The maximum atomic E-state index is 13.8. The Hall–Kier alpha value is -2.20. The van der Waals surface area contributed by atoms with E-state index in [0.29, 0.717) is 16.7 Å². The molecule has 0 amide bonds. The molecule has 0 aliphatic rings. The molecule has 7 heteroatoms. The van der Waals surface area contributed by atoms with Crippen LogP contribution >= 0.6 is 0 Å². The van der Waals surface area contributed by atoms with Gasteiger partial charge < -0.3 is 0 Å². The molecule has 0 spiro atoms. The van der Waals surface area contributed by atoms with Crippen LogP contribution in [0.5, 0.6) is 0 Å². The lowest BCUT2D eigenvalue weighted by atomic mass is 10.1. The standard InChI is InChI=1S/C14H14FN3O2S/c1-10(2)21(19,20)18-9-13(8-17-18)12-4-3-11(5-6-16)14(15)7-12/h3-4,7-10H,5H2,1-2H3. The van der Waals surface area contributed by atoms with Crippen molar-refractivity contribution in [1.82, 2.24) is 9.19 Å². The van der Waals surface area contributed by atoms with Gasteiger partial charge in [0.1, 0.15) is 5.82 Å². The monoisotopic (exact) mass is 307 g/mol. The Morgan fingerprint density at radius 1 is 1.38 bits per heavy atom. The highest BCUT2D eigenvalue weighted by Crippen LogP contribution is 2.22. The Kier molecular flexibility index (Phi) is 4.09. The Balaban J connectivity index is 2.39. The molecule has 2 aromatic rings. The third-order valence-corrected chi connectivity index (χ3v) is 4.99. The van der Waals surface area contributed by atoms with Crippen LogP contribution in [0.3, 0.4) is 0 Å². The van der Waals surface area contributed by atoms with E-state index in [4.69, 9.17) is 5.26 Å². The van der Waals surface area contributed by atoms with Crippen LogP contribution < -0.4 is 0 Å². The fourth-order valence-corrected chi connectivity index (χ4v) is 2.64. The molecular formula is C14H14FN3O2S. The van der Waals surface area contributed by atoms with Crippen LogP contribution in [0.25, 0.3) is 11.1 Å². The fraction of sp³-hybridized carbons (Fsp3) is 0.286. The quantitative estimate of drug-likeness (QED) is 0.868. The van der Waals surface area contributed by atoms with Crippen molar-refractivity contribution in [2.75, 3.05) is 0 Å². The zero-order valence-electron chi connectivity index (χ0n) is 11.6. The van der Waals surface area contributed by atoms with Gasteiger partial charge in [-0.1, -0.05) is 12.1 Å². The second-order valence-corrected chi connectivity index (χ2v) is 7.18. The van der Waals surface area contributed by atoms with E-state index in [-0.39, 0.29) is 6.42 Å². The Bertz CT molecular complexity index is 804. The van der Waals surface area contributed by atoms with Crippen molar-refractivity contribution in [2.45, 2.75) is 25.5 Å². The first-order valence-corrected chi connectivity index (χ1v) is 7.81. The number of aromatic nitrogens is 2. The second kappa shape index (κ2) is 5.66. The minimum Gasteiger partial charge on any atom is -0.207 e. The molecule has 0 bridgehead atoms. The number of rotatable bonds is 4. The second-order valence-electron chi connectivity index (χ2n) is 4.84. The molecule has 1 aromatic carbocycles. The summed E-state index contributed by atoms with van der Waals surface area (Å²) in [5, 5.41) is 11.8. The highest BCUT2D eigenvalue weighted by atomic mass is 32.2. The molecule has 1 heterocycles. The fourth-order valence-electron chi connectivity index (χ4n) is 1.76. The lowest BCUT2D eigenvalue weighted by Gasteiger charge is -2.06. The molecule has 0 atom stereocenters. The lowest BCUT2D eigenvalue weighted by Crippen LogP contribution is -2.22. The van der Waals surface area contributed by atoms with Crippen molar-refractivity contribution >= 4 is 10.0 Å². The normalized spacial score (nSPS) is 11.6. The summed E-state index contributed by atoms with van der Waals surface area (Å²) in [6, 6.07) is 6.31. The number of hydrogen-bond donors (Lipinski definition) is 0. The van der Waals surface area contributed by atoms with Gasteiger partial charge in [0, 0.05) is 11.1 Å². The Labute approximate surface area is 122 Å². The number of benzene rings is 1. The zero-order chi connectivity index (χ0) is 15.6. The van der Waals surface area contributed by atoms with Crippen LogP contribution in [0, 0.1) is 17.1 Å².